The van der Waals surface area contributed by atoms with Gasteiger partial charge in [0.2, 0.25) is 11.7 Å². The minimum absolute atomic E-state index is 0.209. The van der Waals surface area contributed by atoms with Gasteiger partial charge in [-0.05, 0) is 18.8 Å². The Morgan fingerprint density at radius 3 is 2.12 bits per heavy atom. The van der Waals surface area contributed by atoms with Crippen molar-refractivity contribution >= 4 is 17.5 Å². The highest BCUT2D eigenvalue weighted by atomic mass is 16.5. The Balaban J connectivity index is 1.77. The molecule has 0 spiro atoms. The van der Waals surface area contributed by atoms with E-state index < -0.39 is 0 Å². The van der Waals surface area contributed by atoms with Gasteiger partial charge >= 0.3 is 0 Å². The number of nitrogen functional groups attached to an aromatic ring is 2. The van der Waals surface area contributed by atoms with Crippen LogP contribution in [-0.4, -0.2) is 44.4 Å². The summed E-state index contributed by atoms with van der Waals surface area (Å²) in [6, 6.07) is 3.95. The van der Waals surface area contributed by atoms with E-state index in [9.17, 15) is 0 Å². The van der Waals surface area contributed by atoms with E-state index in [1.165, 1.54) is 0 Å². The lowest BCUT2D eigenvalue weighted by atomic mass is 9.90. The van der Waals surface area contributed by atoms with Gasteiger partial charge in [-0.25, -0.2) is 4.98 Å². The highest BCUT2D eigenvalue weighted by molar-refractivity contribution is 5.64. The van der Waals surface area contributed by atoms with Crippen LogP contribution in [0.15, 0.2) is 18.3 Å². The van der Waals surface area contributed by atoms with Gasteiger partial charge in [0, 0.05) is 42.7 Å². The molecule has 0 amide bonds. The van der Waals surface area contributed by atoms with Crippen LogP contribution >= 0.6 is 0 Å². The Morgan fingerprint density at radius 2 is 1.62 bits per heavy atom. The molecule has 0 bridgehead atoms. The molecule has 140 valence electrons. The maximum Gasteiger partial charge on any atom is 0.221 e. The molecule has 26 heavy (non-hydrogen) atoms. The van der Waals surface area contributed by atoms with Crippen molar-refractivity contribution in [3.8, 4) is 17.2 Å². The smallest absolute Gasteiger partial charge is 0.221 e. The second-order valence-electron chi connectivity index (χ2n) is 6.21. The number of methoxy groups -OCH3 is 3. The van der Waals surface area contributed by atoms with Crippen LogP contribution in [0.3, 0.4) is 0 Å². The van der Waals surface area contributed by atoms with Gasteiger partial charge in [0.05, 0.1) is 21.3 Å². The third-order valence-corrected chi connectivity index (χ3v) is 4.82. The van der Waals surface area contributed by atoms with Crippen molar-refractivity contribution in [1.29, 1.82) is 0 Å². The quantitative estimate of drug-likeness (QED) is 0.835. The van der Waals surface area contributed by atoms with Gasteiger partial charge in [-0.3, -0.25) is 0 Å². The summed E-state index contributed by atoms with van der Waals surface area (Å²) >= 11 is 0. The second-order valence-corrected chi connectivity index (χ2v) is 6.21. The van der Waals surface area contributed by atoms with Gasteiger partial charge in [0.1, 0.15) is 5.82 Å². The fourth-order valence-corrected chi connectivity index (χ4v) is 3.43. The molecular formula is C18H25N5O3. The topological polar surface area (TPSA) is 109 Å². The predicted molar refractivity (Wildman–Crippen MR) is 101 cm³/mol. The lowest BCUT2D eigenvalue weighted by molar-refractivity contribution is 0.324. The highest BCUT2D eigenvalue weighted by Gasteiger charge is 2.25. The first kappa shape index (κ1) is 17.9. The first-order valence-electron chi connectivity index (χ1n) is 8.50. The normalized spacial score (nSPS) is 15.0. The maximum absolute atomic E-state index is 6.01. The number of anilines is 3. The second kappa shape index (κ2) is 7.55. The summed E-state index contributed by atoms with van der Waals surface area (Å²) in [6.07, 6.45) is 3.65. The molecule has 2 heterocycles. The minimum Gasteiger partial charge on any atom is -0.493 e. The fraction of sp³-hybridized carbons (Fsp3) is 0.444. The van der Waals surface area contributed by atoms with Crippen LogP contribution < -0.4 is 30.6 Å². The summed E-state index contributed by atoms with van der Waals surface area (Å²) in [5.41, 5.74) is 13.6. The van der Waals surface area contributed by atoms with Crippen molar-refractivity contribution in [2.75, 3.05) is 50.8 Å². The van der Waals surface area contributed by atoms with Crippen molar-refractivity contribution < 1.29 is 14.2 Å². The molecule has 4 N–H and O–H groups in total. The van der Waals surface area contributed by atoms with Crippen molar-refractivity contribution in [2.45, 2.75) is 18.8 Å². The SMILES string of the molecule is COc1cc(N2CCC(c3cnc(N)nc3N)CC2)cc(OC)c1OC. The number of benzene rings is 1. The number of ether oxygens (including phenoxy) is 3. The van der Waals surface area contributed by atoms with E-state index >= 15 is 0 Å². The van der Waals surface area contributed by atoms with Crippen molar-refractivity contribution in [3.05, 3.63) is 23.9 Å². The predicted octanol–water partition coefficient (Wildman–Crippen LogP) is 2.05. The largest absolute Gasteiger partial charge is 0.493 e. The van der Waals surface area contributed by atoms with Crippen molar-refractivity contribution in [1.82, 2.24) is 9.97 Å². The van der Waals surface area contributed by atoms with E-state index in [4.69, 9.17) is 25.7 Å². The maximum atomic E-state index is 6.01. The van der Waals surface area contributed by atoms with Gasteiger partial charge in [-0.15, -0.1) is 0 Å². The molecule has 1 aliphatic heterocycles. The van der Waals surface area contributed by atoms with Gasteiger partial charge in [-0.2, -0.15) is 4.98 Å². The Kier molecular flexibility index (Phi) is 5.20. The summed E-state index contributed by atoms with van der Waals surface area (Å²) < 4.78 is 16.3. The lowest BCUT2D eigenvalue weighted by Crippen LogP contribution is -2.33. The van der Waals surface area contributed by atoms with E-state index in [-0.39, 0.29) is 5.95 Å². The number of hydrogen-bond donors (Lipinski definition) is 2. The first-order chi connectivity index (χ1) is 12.6. The molecular weight excluding hydrogens is 334 g/mol. The van der Waals surface area contributed by atoms with Gasteiger partial charge in [0.25, 0.3) is 0 Å². The molecule has 0 saturated carbocycles. The number of aromatic nitrogens is 2. The van der Waals surface area contributed by atoms with E-state index in [1.807, 2.05) is 12.1 Å². The summed E-state index contributed by atoms with van der Waals surface area (Å²) in [5.74, 6) is 2.92. The number of hydrogen-bond acceptors (Lipinski definition) is 8. The Morgan fingerprint density at radius 1 is 1.00 bits per heavy atom. The van der Waals surface area contributed by atoms with Crippen LogP contribution in [0.25, 0.3) is 0 Å². The summed E-state index contributed by atoms with van der Waals surface area (Å²) in [4.78, 5) is 10.5. The monoisotopic (exact) mass is 359 g/mol. The minimum atomic E-state index is 0.209. The van der Waals surface area contributed by atoms with Crippen molar-refractivity contribution in [3.63, 3.8) is 0 Å². The van der Waals surface area contributed by atoms with E-state index in [1.54, 1.807) is 27.5 Å². The van der Waals surface area contributed by atoms with E-state index in [0.717, 1.165) is 37.2 Å². The Labute approximate surface area is 153 Å². The zero-order valence-electron chi connectivity index (χ0n) is 15.4. The van der Waals surface area contributed by atoms with E-state index in [2.05, 4.69) is 14.9 Å². The first-order valence-corrected chi connectivity index (χ1v) is 8.50. The molecule has 1 aromatic carbocycles. The molecule has 0 radical (unpaired) electrons. The average Bonchev–Trinajstić information content (AvgIpc) is 2.67. The molecule has 8 nitrogen and oxygen atoms in total. The van der Waals surface area contributed by atoms with Crippen molar-refractivity contribution in [2.24, 2.45) is 0 Å². The summed E-state index contributed by atoms with van der Waals surface area (Å²) in [7, 11) is 4.85. The van der Waals surface area contributed by atoms with Gasteiger partial charge in [-0.1, -0.05) is 0 Å². The fourth-order valence-electron chi connectivity index (χ4n) is 3.43. The van der Waals surface area contributed by atoms with Gasteiger partial charge < -0.3 is 30.6 Å². The third kappa shape index (κ3) is 3.40. The molecule has 0 aliphatic carbocycles. The molecule has 8 heteroatoms. The van der Waals surface area contributed by atoms with E-state index in [0.29, 0.717) is 29.0 Å². The van der Waals surface area contributed by atoms with Crippen LogP contribution in [0.2, 0.25) is 0 Å². The molecule has 2 aromatic rings. The van der Waals surface area contributed by atoms with Crippen LogP contribution in [-0.2, 0) is 0 Å². The number of nitrogens with two attached hydrogens (primary N) is 2. The molecule has 1 fully saturated rings. The molecule has 0 atom stereocenters. The average molecular weight is 359 g/mol. The molecule has 1 saturated heterocycles. The third-order valence-electron chi connectivity index (χ3n) is 4.82. The summed E-state index contributed by atoms with van der Waals surface area (Å²) in [5, 5.41) is 0. The number of piperidine rings is 1. The molecule has 1 aliphatic rings. The molecule has 0 unspecified atom stereocenters. The Hall–Kier alpha value is -2.90. The van der Waals surface area contributed by atoms with Crippen LogP contribution in [0.4, 0.5) is 17.5 Å². The van der Waals surface area contributed by atoms with Crippen LogP contribution in [0.5, 0.6) is 17.2 Å². The van der Waals surface area contributed by atoms with Gasteiger partial charge in [0.15, 0.2) is 11.5 Å². The van der Waals surface area contributed by atoms with Crippen LogP contribution in [0, 0.1) is 0 Å². The number of nitrogens with zero attached hydrogens (tertiary/aromatic N) is 3. The highest BCUT2D eigenvalue weighted by Crippen LogP contribution is 2.42. The Bertz CT molecular complexity index is 750. The zero-order chi connectivity index (χ0) is 18.7. The van der Waals surface area contributed by atoms with Crippen LogP contribution in [0.1, 0.15) is 24.3 Å². The standard InChI is InChI=1S/C18H25N5O3/c1-24-14-8-12(9-15(25-2)16(14)26-3)23-6-4-11(5-7-23)13-10-21-18(20)22-17(13)19/h8-11H,4-7H2,1-3H3,(H4,19,20,21,22). The summed E-state index contributed by atoms with van der Waals surface area (Å²) in [6.45, 7) is 1.76. The number of rotatable bonds is 5. The molecule has 1 aromatic heterocycles. The lowest BCUT2D eigenvalue weighted by Gasteiger charge is -2.34. The zero-order valence-corrected chi connectivity index (χ0v) is 15.4. The molecule has 3 rings (SSSR count).